The highest BCUT2D eigenvalue weighted by Gasteiger charge is 2.24. The molecule has 1 aliphatic carbocycles. The lowest BCUT2D eigenvalue weighted by molar-refractivity contribution is -0.127. The van der Waals surface area contributed by atoms with Gasteiger partial charge in [0.25, 0.3) is 5.91 Å². The van der Waals surface area contributed by atoms with Crippen molar-refractivity contribution in [2.45, 2.75) is 38.5 Å². The summed E-state index contributed by atoms with van der Waals surface area (Å²) in [6, 6.07) is 3.49. The molecular formula is C19H25N3O2. The molecule has 0 saturated carbocycles. The average Bonchev–Trinajstić information content (AvgIpc) is 3.04. The number of carbonyl (C=O) groups excluding carboxylic acids is 2. The van der Waals surface area contributed by atoms with Crippen LogP contribution < -0.4 is 0 Å². The van der Waals surface area contributed by atoms with Gasteiger partial charge in [-0.15, -0.1) is 0 Å². The highest BCUT2D eigenvalue weighted by Crippen LogP contribution is 2.20. The lowest BCUT2D eigenvalue weighted by atomic mass is 10.1. The van der Waals surface area contributed by atoms with Crippen molar-refractivity contribution in [3.63, 3.8) is 0 Å². The van der Waals surface area contributed by atoms with Crippen molar-refractivity contribution >= 4 is 11.8 Å². The Morgan fingerprint density at radius 3 is 2.29 bits per heavy atom. The zero-order valence-corrected chi connectivity index (χ0v) is 14.1. The number of hydrogen-bond acceptors (Lipinski definition) is 3. The number of hydrogen-bond donors (Lipinski definition) is 0. The Balaban J connectivity index is 1.61. The summed E-state index contributed by atoms with van der Waals surface area (Å²) in [7, 11) is 0. The van der Waals surface area contributed by atoms with Crippen molar-refractivity contribution in [3.05, 3.63) is 41.7 Å². The van der Waals surface area contributed by atoms with Crippen LogP contribution in [0.15, 0.2) is 36.2 Å². The molecule has 0 unspecified atom stereocenters. The third kappa shape index (κ3) is 4.02. The first-order valence-electron chi connectivity index (χ1n) is 8.93. The van der Waals surface area contributed by atoms with Gasteiger partial charge >= 0.3 is 0 Å². The number of allylic oxidation sites excluding steroid dienone is 1. The molecule has 24 heavy (non-hydrogen) atoms. The highest BCUT2D eigenvalue weighted by molar-refractivity contribution is 5.95. The Labute approximate surface area is 143 Å². The summed E-state index contributed by atoms with van der Waals surface area (Å²) in [6.07, 6.45) is 11.6. The second-order valence-electron chi connectivity index (χ2n) is 6.50. The van der Waals surface area contributed by atoms with Crippen LogP contribution in [0, 0.1) is 0 Å². The molecule has 1 saturated heterocycles. The van der Waals surface area contributed by atoms with Gasteiger partial charge in [0.2, 0.25) is 5.91 Å². The third-order valence-corrected chi connectivity index (χ3v) is 4.81. The maximum Gasteiger partial charge on any atom is 0.254 e. The molecule has 2 amide bonds. The molecule has 2 aliphatic rings. The smallest absolute Gasteiger partial charge is 0.254 e. The van der Waals surface area contributed by atoms with Gasteiger partial charge in [-0.25, -0.2) is 0 Å². The largest absolute Gasteiger partial charge is 0.337 e. The van der Waals surface area contributed by atoms with Crippen LogP contribution in [0.25, 0.3) is 0 Å². The number of nitrogens with zero attached hydrogens (tertiary/aromatic N) is 3. The Morgan fingerprint density at radius 2 is 1.54 bits per heavy atom. The Kier molecular flexibility index (Phi) is 5.62. The molecule has 0 spiro atoms. The molecule has 0 bridgehead atoms. The van der Waals surface area contributed by atoms with Crippen molar-refractivity contribution in [1.29, 1.82) is 0 Å². The van der Waals surface area contributed by atoms with E-state index >= 15 is 0 Å². The molecule has 5 nitrogen and oxygen atoms in total. The van der Waals surface area contributed by atoms with Gasteiger partial charge in [-0.05, 0) is 44.2 Å². The Hall–Kier alpha value is -2.17. The number of carbonyl (C=O) groups is 2. The topological polar surface area (TPSA) is 53.5 Å². The van der Waals surface area contributed by atoms with Crippen LogP contribution in [-0.2, 0) is 4.79 Å². The van der Waals surface area contributed by atoms with E-state index in [1.165, 1.54) is 12.8 Å². The summed E-state index contributed by atoms with van der Waals surface area (Å²) in [5, 5.41) is 0. The first-order valence-corrected chi connectivity index (χ1v) is 8.93. The summed E-state index contributed by atoms with van der Waals surface area (Å²) in [5.41, 5.74) is 1.64. The van der Waals surface area contributed by atoms with E-state index in [0.29, 0.717) is 25.2 Å². The van der Waals surface area contributed by atoms with Gasteiger partial charge in [-0.3, -0.25) is 14.6 Å². The lowest BCUT2D eigenvalue weighted by Crippen LogP contribution is -2.37. The van der Waals surface area contributed by atoms with E-state index in [-0.39, 0.29) is 11.8 Å². The first kappa shape index (κ1) is 16.7. The van der Waals surface area contributed by atoms with Crippen LogP contribution in [0.2, 0.25) is 0 Å². The first-order chi connectivity index (χ1) is 11.8. The molecule has 1 aromatic rings. The quantitative estimate of drug-likeness (QED) is 0.839. The second-order valence-corrected chi connectivity index (χ2v) is 6.50. The van der Waals surface area contributed by atoms with E-state index in [1.54, 1.807) is 24.5 Å². The van der Waals surface area contributed by atoms with Crippen molar-refractivity contribution in [1.82, 2.24) is 14.8 Å². The van der Waals surface area contributed by atoms with Gasteiger partial charge in [0, 0.05) is 49.7 Å². The van der Waals surface area contributed by atoms with Gasteiger partial charge in [0.05, 0.1) is 0 Å². The predicted octanol–water partition coefficient (Wildman–Crippen LogP) is 2.65. The minimum Gasteiger partial charge on any atom is -0.337 e. The molecule has 0 atom stereocenters. The molecule has 1 fully saturated rings. The second kappa shape index (κ2) is 8.08. The molecule has 0 aromatic carbocycles. The zero-order valence-electron chi connectivity index (χ0n) is 14.1. The van der Waals surface area contributed by atoms with Gasteiger partial charge < -0.3 is 9.80 Å². The SMILES string of the molecule is O=C(C1=CCCCCC1)N1CCCN(C(=O)c2ccncc2)CC1. The van der Waals surface area contributed by atoms with Crippen molar-refractivity contribution in [3.8, 4) is 0 Å². The minimum atomic E-state index is 0.0281. The number of amides is 2. The van der Waals surface area contributed by atoms with Crippen LogP contribution in [-0.4, -0.2) is 52.8 Å². The van der Waals surface area contributed by atoms with E-state index in [1.807, 2.05) is 9.80 Å². The van der Waals surface area contributed by atoms with Crippen LogP contribution >= 0.6 is 0 Å². The predicted molar refractivity (Wildman–Crippen MR) is 92.5 cm³/mol. The Morgan fingerprint density at radius 1 is 0.833 bits per heavy atom. The molecule has 2 heterocycles. The summed E-state index contributed by atoms with van der Waals surface area (Å²) < 4.78 is 0. The lowest BCUT2D eigenvalue weighted by Gasteiger charge is -2.23. The van der Waals surface area contributed by atoms with Crippen LogP contribution in [0.3, 0.4) is 0 Å². The molecule has 1 aliphatic heterocycles. The maximum atomic E-state index is 12.8. The van der Waals surface area contributed by atoms with Gasteiger partial charge in [-0.2, -0.15) is 0 Å². The normalized spacial score (nSPS) is 19.2. The van der Waals surface area contributed by atoms with E-state index < -0.39 is 0 Å². The fourth-order valence-corrected chi connectivity index (χ4v) is 3.41. The van der Waals surface area contributed by atoms with E-state index in [0.717, 1.165) is 37.8 Å². The number of rotatable bonds is 2. The maximum absolute atomic E-state index is 12.8. The van der Waals surface area contributed by atoms with Crippen molar-refractivity contribution < 1.29 is 9.59 Å². The summed E-state index contributed by atoms with van der Waals surface area (Å²) in [4.78, 5) is 33.0. The molecule has 0 radical (unpaired) electrons. The monoisotopic (exact) mass is 327 g/mol. The highest BCUT2D eigenvalue weighted by atomic mass is 16.2. The van der Waals surface area contributed by atoms with E-state index in [4.69, 9.17) is 0 Å². The van der Waals surface area contributed by atoms with Gasteiger partial charge in [0.15, 0.2) is 0 Å². The molecule has 128 valence electrons. The Bertz CT molecular complexity index is 612. The molecule has 1 aromatic heterocycles. The van der Waals surface area contributed by atoms with E-state index in [2.05, 4.69) is 11.1 Å². The van der Waals surface area contributed by atoms with E-state index in [9.17, 15) is 9.59 Å². The molecular weight excluding hydrogens is 302 g/mol. The fourth-order valence-electron chi connectivity index (χ4n) is 3.41. The fraction of sp³-hybridized carbons (Fsp3) is 0.526. The summed E-state index contributed by atoms with van der Waals surface area (Å²) >= 11 is 0. The van der Waals surface area contributed by atoms with Crippen LogP contribution in [0.5, 0.6) is 0 Å². The molecule has 5 heteroatoms. The standard InChI is InChI=1S/C19H25N3O2/c23-18(16-6-3-1-2-4-7-16)21-12-5-13-22(15-14-21)19(24)17-8-10-20-11-9-17/h6,8-11H,1-5,7,12-15H2. The number of pyridine rings is 1. The molecule has 3 rings (SSSR count). The van der Waals surface area contributed by atoms with Crippen molar-refractivity contribution in [2.24, 2.45) is 0 Å². The number of aromatic nitrogens is 1. The van der Waals surface area contributed by atoms with Gasteiger partial charge in [0.1, 0.15) is 0 Å². The van der Waals surface area contributed by atoms with Crippen LogP contribution in [0.1, 0.15) is 48.9 Å². The minimum absolute atomic E-state index is 0.0281. The van der Waals surface area contributed by atoms with Crippen molar-refractivity contribution in [2.75, 3.05) is 26.2 Å². The van der Waals surface area contributed by atoms with Gasteiger partial charge in [-0.1, -0.05) is 12.5 Å². The third-order valence-electron chi connectivity index (χ3n) is 4.81. The zero-order chi connectivity index (χ0) is 16.8. The molecule has 0 N–H and O–H groups in total. The summed E-state index contributed by atoms with van der Waals surface area (Å²) in [6.45, 7) is 2.65. The van der Waals surface area contributed by atoms with Crippen LogP contribution in [0.4, 0.5) is 0 Å². The average molecular weight is 327 g/mol. The summed E-state index contributed by atoms with van der Waals surface area (Å²) in [5.74, 6) is 0.204.